The minimum atomic E-state index is 0.634. The Hall–Kier alpha value is -7.43. The van der Waals surface area contributed by atoms with Gasteiger partial charge in [-0.1, -0.05) is 133 Å². The van der Waals surface area contributed by atoms with Crippen LogP contribution in [0.25, 0.3) is 122 Å². The summed E-state index contributed by atoms with van der Waals surface area (Å²) in [5, 5.41) is 9.26. The van der Waals surface area contributed by atoms with Crippen LogP contribution in [-0.4, -0.2) is 15.0 Å². The first-order valence-corrected chi connectivity index (χ1v) is 18.6. The fourth-order valence-corrected chi connectivity index (χ4v) is 8.64. The molecule has 0 fully saturated rings. The third kappa shape index (κ3) is 4.62. The molecular weight excluding hydrogens is 671 g/mol. The highest BCUT2D eigenvalue weighted by Crippen LogP contribution is 2.54. The van der Waals surface area contributed by atoms with Crippen molar-refractivity contribution in [3.05, 3.63) is 176 Å². The van der Waals surface area contributed by atoms with E-state index in [4.69, 9.17) is 19.4 Å². The summed E-state index contributed by atoms with van der Waals surface area (Å²) < 4.78 is 6.38. The first-order chi connectivity index (χ1) is 27.2. The van der Waals surface area contributed by atoms with E-state index in [1.54, 1.807) is 0 Å². The van der Waals surface area contributed by atoms with E-state index in [1.165, 1.54) is 38.4 Å². The van der Waals surface area contributed by atoms with Crippen molar-refractivity contribution in [3.8, 4) is 67.5 Å². The average molecular weight is 700 g/mol. The highest BCUT2D eigenvalue weighted by molar-refractivity contribution is 6.27. The Morgan fingerprint density at radius 1 is 0.309 bits per heavy atom. The van der Waals surface area contributed by atoms with Gasteiger partial charge in [-0.3, -0.25) is 0 Å². The van der Waals surface area contributed by atoms with Crippen molar-refractivity contribution in [1.82, 2.24) is 15.0 Å². The summed E-state index contributed by atoms with van der Waals surface area (Å²) in [6, 6.07) is 62.1. The monoisotopic (exact) mass is 699 g/mol. The van der Waals surface area contributed by atoms with Crippen LogP contribution >= 0.6 is 0 Å². The third-order valence-corrected chi connectivity index (χ3v) is 11.2. The van der Waals surface area contributed by atoms with E-state index in [2.05, 4.69) is 164 Å². The van der Waals surface area contributed by atoms with Gasteiger partial charge in [-0.15, -0.1) is 0 Å². The molecule has 1 aliphatic carbocycles. The quantitative estimate of drug-likeness (QED) is 0.183. The molecule has 9 aromatic carbocycles. The fraction of sp³-hybridized carbons (Fsp3) is 0. The number of hydrogen-bond donors (Lipinski definition) is 0. The molecule has 4 heteroatoms. The van der Waals surface area contributed by atoms with Gasteiger partial charge < -0.3 is 4.42 Å². The predicted octanol–water partition coefficient (Wildman–Crippen LogP) is 13.5. The van der Waals surface area contributed by atoms with Gasteiger partial charge in [0.1, 0.15) is 11.2 Å². The van der Waals surface area contributed by atoms with Crippen LogP contribution in [0.3, 0.4) is 0 Å². The minimum Gasteiger partial charge on any atom is -0.456 e. The molecule has 2 aromatic heterocycles. The van der Waals surface area contributed by atoms with Crippen LogP contribution < -0.4 is 0 Å². The molecule has 0 saturated carbocycles. The van der Waals surface area contributed by atoms with Crippen LogP contribution in [0.5, 0.6) is 0 Å². The lowest BCUT2D eigenvalue weighted by molar-refractivity contribution is 0.669. The summed E-state index contributed by atoms with van der Waals surface area (Å²) in [5.74, 6) is 1.91. The fourth-order valence-electron chi connectivity index (χ4n) is 8.64. The Morgan fingerprint density at radius 3 is 1.75 bits per heavy atom. The van der Waals surface area contributed by atoms with E-state index in [0.717, 1.165) is 65.9 Å². The molecule has 0 N–H and O–H groups in total. The molecule has 0 aliphatic heterocycles. The third-order valence-electron chi connectivity index (χ3n) is 11.2. The van der Waals surface area contributed by atoms with Gasteiger partial charge in [0, 0.05) is 38.6 Å². The Bertz CT molecular complexity index is 3380. The summed E-state index contributed by atoms with van der Waals surface area (Å²) >= 11 is 0. The van der Waals surface area contributed by atoms with Gasteiger partial charge in [-0.25, -0.2) is 15.0 Å². The van der Waals surface area contributed by atoms with Crippen molar-refractivity contribution >= 4 is 54.3 Å². The molecule has 0 atom stereocenters. The Morgan fingerprint density at radius 2 is 0.909 bits per heavy atom. The molecule has 254 valence electrons. The molecule has 2 heterocycles. The lowest BCUT2D eigenvalue weighted by atomic mass is 9.96. The van der Waals surface area contributed by atoms with Crippen LogP contribution in [0, 0.1) is 0 Å². The number of nitrogens with zero attached hydrogens (tertiary/aromatic N) is 3. The van der Waals surface area contributed by atoms with Gasteiger partial charge >= 0.3 is 0 Å². The molecule has 0 unspecified atom stereocenters. The first-order valence-electron chi connectivity index (χ1n) is 18.6. The number of para-hydroxylation sites is 1. The lowest BCUT2D eigenvalue weighted by Gasteiger charge is -2.13. The van der Waals surface area contributed by atoms with Gasteiger partial charge in [0.25, 0.3) is 0 Å². The molecule has 11 aromatic rings. The number of fused-ring (bicyclic) bond motifs is 9. The van der Waals surface area contributed by atoms with Crippen molar-refractivity contribution in [3.63, 3.8) is 0 Å². The summed E-state index contributed by atoms with van der Waals surface area (Å²) in [6.07, 6.45) is 0. The second kappa shape index (κ2) is 11.5. The van der Waals surface area contributed by atoms with Crippen LogP contribution in [-0.2, 0) is 0 Å². The van der Waals surface area contributed by atoms with E-state index in [0.29, 0.717) is 17.5 Å². The van der Waals surface area contributed by atoms with Crippen LogP contribution in [0.1, 0.15) is 0 Å². The van der Waals surface area contributed by atoms with Crippen molar-refractivity contribution in [2.24, 2.45) is 0 Å². The SMILES string of the molecule is c1ccc(-c2ccc3ccc(-c4nc(-c5ccc6ccccc6c5)nc(-c5ccc6cccc7c6c5-c5ccc6oc8ccccc8c6c5-7)n4)cc3c2)cc1. The van der Waals surface area contributed by atoms with Crippen molar-refractivity contribution in [2.75, 3.05) is 0 Å². The second-order valence-corrected chi connectivity index (χ2v) is 14.4. The van der Waals surface area contributed by atoms with Gasteiger partial charge in [-0.05, 0) is 97.0 Å². The van der Waals surface area contributed by atoms with Crippen molar-refractivity contribution in [1.29, 1.82) is 0 Å². The highest BCUT2D eigenvalue weighted by Gasteiger charge is 2.29. The smallest absolute Gasteiger partial charge is 0.164 e. The summed E-state index contributed by atoms with van der Waals surface area (Å²) in [7, 11) is 0. The zero-order chi connectivity index (χ0) is 36.0. The van der Waals surface area contributed by atoms with Gasteiger partial charge in [-0.2, -0.15) is 0 Å². The zero-order valence-electron chi connectivity index (χ0n) is 29.5. The maximum absolute atomic E-state index is 6.38. The number of benzene rings is 9. The Labute approximate surface area is 316 Å². The summed E-state index contributed by atoms with van der Waals surface area (Å²) in [5.41, 5.74) is 11.7. The number of aromatic nitrogens is 3. The maximum Gasteiger partial charge on any atom is 0.164 e. The molecule has 4 nitrogen and oxygen atoms in total. The largest absolute Gasteiger partial charge is 0.456 e. The van der Waals surface area contributed by atoms with Gasteiger partial charge in [0.2, 0.25) is 0 Å². The molecule has 0 saturated heterocycles. The number of furan rings is 1. The van der Waals surface area contributed by atoms with E-state index < -0.39 is 0 Å². The molecule has 0 spiro atoms. The molecule has 0 radical (unpaired) electrons. The van der Waals surface area contributed by atoms with Crippen LogP contribution in [0.15, 0.2) is 180 Å². The molecule has 0 amide bonds. The zero-order valence-corrected chi connectivity index (χ0v) is 29.5. The predicted molar refractivity (Wildman–Crippen MR) is 226 cm³/mol. The summed E-state index contributed by atoms with van der Waals surface area (Å²) in [4.78, 5) is 15.8. The topological polar surface area (TPSA) is 51.8 Å². The maximum atomic E-state index is 6.38. The van der Waals surface area contributed by atoms with Crippen LogP contribution in [0.4, 0.5) is 0 Å². The first kappa shape index (κ1) is 30.1. The minimum absolute atomic E-state index is 0.634. The van der Waals surface area contributed by atoms with E-state index >= 15 is 0 Å². The van der Waals surface area contributed by atoms with E-state index in [1.807, 2.05) is 12.1 Å². The van der Waals surface area contributed by atoms with Gasteiger partial charge in [0.05, 0.1) is 0 Å². The number of rotatable bonds is 4. The Balaban J connectivity index is 1.11. The molecule has 1 aliphatic rings. The standard InChI is InChI=1S/C51H29N3O/c1-2-9-30(10-3-1)35-20-17-32-19-22-37(29-38(32)28-35)50-52-49(36-21-18-31-11-4-5-12-34(31)27-36)53-51(54-50)42-24-23-33-13-8-15-40-45(33)47(42)41-25-26-44-48(46(40)41)39-14-6-7-16-43(39)55-44/h1-29H. The molecule has 55 heavy (non-hydrogen) atoms. The highest BCUT2D eigenvalue weighted by atomic mass is 16.3. The van der Waals surface area contributed by atoms with Crippen molar-refractivity contribution < 1.29 is 4.42 Å². The molecule has 12 rings (SSSR count). The average Bonchev–Trinajstić information content (AvgIpc) is 3.80. The lowest BCUT2D eigenvalue weighted by Crippen LogP contribution is -2.01. The van der Waals surface area contributed by atoms with Crippen molar-refractivity contribution in [2.45, 2.75) is 0 Å². The molecule has 0 bridgehead atoms. The number of hydrogen-bond acceptors (Lipinski definition) is 4. The van der Waals surface area contributed by atoms with Crippen LogP contribution in [0.2, 0.25) is 0 Å². The second-order valence-electron chi connectivity index (χ2n) is 14.4. The normalized spacial score (nSPS) is 12.0. The van der Waals surface area contributed by atoms with Gasteiger partial charge in [0.15, 0.2) is 17.5 Å². The van der Waals surface area contributed by atoms with E-state index in [9.17, 15) is 0 Å². The molecular formula is C51H29N3O. The summed E-state index contributed by atoms with van der Waals surface area (Å²) in [6.45, 7) is 0. The van der Waals surface area contributed by atoms with E-state index in [-0.39, 0.29) is 0 Å². The Kier molecular flexibility index (Phi) is 6.31.